The van der Waals surface area contributed by atoms with Gasteiger partial charge in [0.05, 0.1) is 12.5 Å². The van der Waals surface area contributed by atoms with E-state index in [0.29, 0.717) is 18.2 Å². The summed E-state index contributed by atoms with van der Waals surface area (Å²) in [6, 6.07) is 4.29. The van der Waals surface area contributed by atoms with E-state index in [4.69, 9.17) is 9.47 Å². The number of Topliss-reactive ketones (excluding diaryl/α,β-unsaturated/α-hetero) is 1. The number of ether oxygens (including phenoxy) is 2. The Morgan fingerprint density at radius 3 is 2.92 bits per heavy atom. The van der Waals surface area contributed by atoms with E-state index >= 15 is 0 Å². The number of methoxy groups -OCH3 is 1. The Bertz CT molecular complexity index is 845. The molecule has 2 aliphatic heterocycles. The van der Waals surface area contributed by atoms with Crippen molar-refractivity contribution >= 4 is 11.7 Å². The van der Waals surface area contributed by atoms with Crippen molar-refractivity contribution in [3.05, 3.63) is 23.3 Å². The Hall–Kier alpha value is -2.04. The van der Waals surface area contributed by atoms with Crippen LogP contribution in [0.15, 0.2) is 12.1 Å². The van der Waals surface area contributed by atoms with E-state index in [2.05, 4.69) is 11.0 Å². The van der Waals surface area contributed by atoms with Gasteiger partial charge in [0.1, 0.15) is 0 Å². The van der Waals surface area contributed by atoms with Gasteiger partial charge in [0.2, 0.25) is 5.91 Å². The quantitative estimate of drug-likeness (QED) is 0.818. The lowest BCUT2D eigenvalue weighted by Crippen LogP contribution is -2.67. The van der Waals surface area contributed by atoms with Gasteiger partial charge in [-0.3, -0.25) is 9.59 Å². The zero-order valence-electron chi connectivity index (χ0n) is 15.0. The highest BCUT2D eigenvalue weighted by molar-refractivity contribution is 5.89. The van der Waals surface area contributed by atoms with Gasteiger partial charge in [-0.25, -0.2) is 0 Å². The monoisotopic (exact) mass is 353 g/mol. The summed E-state index contributed by atoms with van der Waals surface area (Å²) in [7, 11) is 1.66. The van der Waals surface area contributed by atoms with Crippen LogP contribution in [0.1, 0.15) is 43.2 Å². The summed E-state index contributed by atoms with van der Waals surface area (Å²) in [6.45, 7) is 0.750. The Kier molecular flexibility index (Phi) is 2.79. The number of ketones is 1. The minimum absolute atomic E-state index is 0.211. The molecule has 0 unspecified atom stereocenters. The topological polar surface area (TPSA) is 55.8 Å². The molecule has 3 fully saturated rings. The van der Waals surface area contributed by atoms with Crippen molar-refractivity contribution in [3.63, 3.8) is 0 Å². The average molecular weight is 353 g/mol. The molecule has 1 amide bonds. The summed E-state index contributed by atoms with van der Waals surface area (Å²) in [4.78, 5) is 27.9. The van der Waals surface area contributed by atoms with E-state index < -0.39 is 6.10 Å². The fourth-order valence-corrected chi connectivity index (χ4v) is 6.32. The first-order valence-electron chi connectivity index (χ1n) is 9.85. The van der Waals surface area contributed by atoms with E-state index in [0.717, 1.165) is 50.1 Å². The summed E-state index contributed by atoms with van der Waals surface area (Å²) in [5, 5.41) is 0. The van der Waals surface area contributed by atoms with Gasteiger partial charge in [-0.15, -0.1) is 0 Å². The molecule has 2 heterocycles. The number of carbonyl (C=O) groups excluding carboxylic acids is 2. The van der Waals surface area contributed by atoms with Gasteiger partial charge in [-0.05, 0) is 49.7 Å². The fraction of sp³-hybridized carbons (Fsp3) is 0.619. The minimum Gasteiger partial charge on any atom is -0.493 e. The number of amides is 1. The second-order valence-electron chi connectivity index (χ2n) is 8.61. The van der Waals surface area contributed by atoms with Crippen LogP contribution in [-0.2, 0) is 21.4 Å². The number of hydrogen-bond acceptors (Lipinski definition) is 4. The second-order valence-corrected chi connectivity index (χ2v) is 8.61. The third-order valence-electron chi connectivity index (χ3n) is 7.52. The van der Waals surface area contributed by atoms with Crippen molar-refractivity contribution < 1.29 is 19.1 Å². The van der Waals surface area contributed by atoms with Crippen molar-refractivity contribution in [2.75, 3.05) is 13.7 Å². The van der Waals surface area contributed by atoms with Gasteiger partial charge in [0, 0.05) is 30.5 Å². The maximum atomic E-state index is 12.9. The van der Waals surface area contributed by atoms with Crippen molar-refractivity contribution in [3.8, 4) is 11.5 Å². The molecule has 3 aliphatic carbocycles. The molecular formula is C21H23NO4. The molecule has 2 saturated carbocycles. The first-order chi connectivity index (χ1) is 12.6. The largest absolute Gasteiger partial charge is 0.493 e. The zero-order valence-corrected chi connectivity index (χ0v) is 15.0. The molecule has 5 nitrogen and oxygen atoms in total. The van der Waals surface area contributed by atoms with E-state index in [1.807, 2.05) is 6.07 Å². The molecule has 1 aromatic rings. The molecule has 4 atom stereocenters. The number of piperidine rings is 1. The Morgan fingerprint density at radius 2 is 2.15 bits per heavy atom. The average Bonchev–Trinajstić information content (AvgIpc) is 3.43. The Labute approximate surface area is 152 Å². The maximum absolute atomic E-state index is 12.9. The number of rotatable bonds is 2. The van der Waals surface area contributed by atoms with Gasteiger partial charge in [0.15, 0.2) is 23.4 Å². The minimum atomic E-state index is -0.396. The smallest absolute Gasteiger partial charge is 0.225 e. The van der Waals surface area contributed by atoms with Gasteiger partial charge in [0.25, 0.3) is 0 Å². The lowest BCUT2D eigenvalue weighted by Gasteiger charge is -2.57. The molecule has 1 spiro atoms. The molecule has 6 rings (SSSR count). The van der Waals surface area contributed by atoms with Gasteiger partial charge in [-0.1, -0.05) is 6.07 Å². The molecular weight excluding hydrogens is 330 g/mol. The molecule has 0 radical (unpaired) electrons. The summed E-state index contributed by atoms with van der Waals surface area (Å²) in [5.74, 6) is 2.65. The fourth-order valence-electron chi connectivity index (χ4n) is 6.32. The number of carbonyl (C=O) groups is 2. The SMILES string of the molecule is COc1ccc2c3c1O[C@H]1C(=O)CC[C@H]4[C@@H](C2)N(C(=O)C2CC2)CC[C@]314. The van der Waals surface area contributed by atoms with Crippen LogP contribution in [0, 0.1) is 11.8 Å². The van der Waals surface area contributed by atoms with Crippen LogP contribution >= 0.6 is 0 Å². The van der Waals surface area contributed by atoms with Crippen molar-refractivity contribution in [2.45, 2.75) is 56.1 Å². The lowest BCUT2D eigenvalue weighted by molar-refractivity contribution is -0.149. The van der Waals surface area contributed by atoms with Crippen LogP contribution < -0.4 is 9.47 Å². The zero-order chi connectivity index (χ0) is 17.6. The molecule has 0 N–H and O–H groups in total. The van der Waals surface area contributed by atoms with Crippen LogP contribution in [0.3, 0.4) is 0 Å². The van der Waals surface area contributed by atoms with E-state index in [1.54, 1.807) is 7.11 Å². The summed E-state index contributed by atoms with van der Waals surface area (Å²) in [5.41, 5.74) is 2.21. The van der Waals surface area contributed by atoms with Crippen LogP contribution in [0.4, 0.5) is 0 Å². The molecule has 26 heavy (non-hydrogen) atoms. The molecule has 136 valence electrons. The number of hydrogen-bond donors (Lipinski definition) is 0. The molecule has 0 aromatic heterocycles. The van der Waals surface area contributed by atoms with Gasteiger partial charge >= 0.3 is 0 Å². The maximum Gasteiger partial charge on any atom is 0.225 e. The van der Waals surface area contributed by atoms with Crippen molar-refractivity contribution in [1.29, 1.82) is 0 Å². The summed E-state index contributed by atoms with van der Waals surface area (Å²) in [6.07, 6.45) is 4.82. The highest BCUT2D eigenvalue weighted by atomic mass is 16.5. The predicted molar refractivity (Wildman–Crippen MR) is 93.4 cm³/mol. The highest BCUT2D eigenvalue weighted by Crippen LogP contribution is 2.63. The Morgan fingerprint density at radius 1 is 1.31 bits per heavy atom. The first kappa shape index (κ1) is 15.1. The Balaban J connectivity index is 1.54. The molecule has 1 saturated heterocycles. The van der Waals surface area contributed by atoms with Crippen LogP contribution in [-0.4, -0.2) is 42.4 Å². The van der Waals surface area contributed by atoms with Crippen LogP contribution in [0.2, 0.25) is 0 Å². The van der Waals surface area contributed by atoms with Crippen molar-refractivity contribution in [1.82, 2.24) is 4.90 Å². The normalized spacial score (nSPS) is 36.4. The number of benzene rings is 1. The van der Waals surface area contributed by atoms with Gasteiger partial charge in [-0.2, -0.15) is 0 Å². The van der Waals surface area contributed by atoms with Gasteiger partial charge < -0.3 is 14.4 Å². The second kappa shape index (κ2) is 4.81. The van der Waals surface area contributed by atoms with Crippen molar-refractivity contribution in [2.24, 2.45) is 11.8 Å². The summed E-state index contributed by atoms with van der Waals surface area (Å²) < 4.78 is 11.8. The molecule has 2 bridgehead atoms. The molecule has 1 aromatic carbocycles. The van der Waals surface area contributed by atoms with E-state index in [-0.39, 0.29) is 23.2 Å². The standard InChI is InChI=1S/C21H23NO4/c1-25-16-7-4-12-10-14-13-5-6-15(23)19-21(13,17(12)18(16)26-19)8-9-22(14)20(24)11-2-3-11/h4,7,11,13-14,19H,2-3,5-6,8-10H2,1H3/t13-,14+,19-,21-/m0/s1. The molecule has 5 aliphatic rings. The summed E-state index contributed by atoms with van der Waals surface area (Å²) >= 11 is 0. The lowest BCUT2D eigenvalue weighted by atomic mass is 9.51. The number of likely N-dealkylation sites (tertiary alicyclic amines) is 1. The van der Waals surface area contributed by atoms with Crippen LogP contribution in [0.25, 0.3) is 0 Å². The highest BCUT2D eigenvalue weighted by Gasteiger charge is 2.66. The van der Waals surface area contributed by atoms with Crippen LogP contribution in [0.5, 0.6) is 11.5 Å². The third-order valence-corrected chi connectivity index (χ3v) is 7.52. The molecule has 5 heteroatoms. The third kappa shape index (κ3) is 1.63. The predicted octanol–water partition coefficient (Wildman–Crippen LogP) is 2.24. The van der Waals surface area contributed by atoms with E-state index in [9.17, 15) is 9.59 Å². The number of nitrogens with zero attached hydrogens (tertiary/aromatic N) is 1. The van der Waals surface area contributed by atoms with E-state index in [1.165, 1.54) is 11.1 Å². The first-order valence-corrected chi connectivity index (χ1v) is 9.85.